The molecule has 0 spiro atoms. The molecule has 1 heterocycles. The molecule has 0 bridgehead atoms. The first-order valence-electron chi connectivity index (χ1n) is 4.90. The number of benzene rings is 1. The molecule has 0 saturated heterocycles. The van der Waals surface area contributed by atoms with Crippen LogP contribution in [-0.4, -0.2) is 23.6 Å². The van der Waals surface area contributed by atoms with Crippen LogP contribution >= 0.6 is 0 Å². The number of hydrogen-bond donors (Lipinski definition) is 2. The van der Waals surface area contributed by atoms with Gasteiger partial charge in [0.25, 0.3) is 0 Å². The maximum absolute atomic E-state index is 11.9. The van der Waals surface area contributed by atoms with E-state index in [1.54, 1.807) is 32.0 Å². The average Bonchev–Trinajstić information content (AvgIpc) is 2.56. The molecule has 3 N–H and O–H groups in total. The van der Waals surface area contributed by atoms with Gasteiger partial charge in [-0.3, -0.25) is 0 Å². The van der Waals surface area contributed by atoms with Gasteiger partial charge in [0.1, 0.15) is 0 Å². The van der Waals surface area contributed by atoms with Crippen LogP contribution < -0.4 is 5.73 Å². The Hall–Kier alpha value is -1.56. The van der Waals surface area contributed by atoms with Crippen LogP contribution in [0, 0.1) is 0 Å². The van der Waals surface area contributed by atoms with Crippen LogP contribution in [0.5, 0.6) is 0 Å². The Labute approximate surface area is 93.6 Å². The topological polar surface area (TPSA) is 88.8 Å². The molecular formula is C10H13N3O2S. The fraction of sp³-hybridized carbons (Fsp3) is 0.300. The lowest BCUT2D eigenvalue weighted by molar-refractivity contribution is 0.587. The molecule has 6 heteroatoms. The highest BCUT2D eigenvalue weighted by Gasteiger charge is 2.19. The minimum Gasteiger partial charge on any atom is -0.369 e. The number of aromatic amines is 1. The van der Waals surface area contributed by atoms with Crippen LogP contribution in [0.1, 0.15) is 13.8 Å². The molecule has 0 saturated carbocycles. The van der Waals surface area contributed by atoms with E-state index in [1.807, 2.05) is 0 Å². The molecule has 1 aromatic heterocycles. The zero-order chi connectivity index (χ0) is 11.9. The van der Waals surface area contributed by atoms with E-state index >= 15 is 0 Å². The third-order valence-electron chi connectivity index (χ3n) is 2.42. The van der Waals surface area contributed by atoms with Gasteiger partial charge >= 0.3 is 0 Å². The van der Waals surface area contributed by atoms with Crippen LogP contribution in [0.3, 0.4) is 0 Å². The van der Waals surface area contributed by atoms with Crippen molar-refractivity contribution in [3.8, 4) is 0 Å². The zero-order valence-electron chi connectivity index (χ0n) is 9.06. The maximum Gasteiger partial charge on any atom is 0.198 e. The standard InChI is InChI=1S/C10H13N3O2S/c1-6(2)16(14,15)7-3-4-8-9(5-7)13-10(11)12-8/h3-6H,1-2H3,(H3,11,12,13). The molecule has 0 amide bonds. The largest absolute Gasteiger partial charge is 0.369 e. The first-order chi connectivity index (χ1) is 7.41. The van der Waals surface area contributed by atoms with E-state index < -0.39 is 15.1 Å². The Morgan fingerprint density at radius 3 is 2.69 bits per heavy atom. The molecule has 0 unspecified atom stereocenters. The average molecular weight is 239 g/mol. The number of sulfone groups is 1. The first kappa shape index (κ1) is 10.9. The molecule has 5 nitrogen and oxygen atoms in total. The fourth-order valence-corrected chi connectivity index (χ4v) is 2.54. The number of nitrogens with two attached hydrogens (primary N) is 1. The summed E-state index contributed by atoms with van der Waals surface area (Å²) in [6.45, 7) is 3.31. The number of nitrogens with one attached hydrogen (secondary N) is 1. The maximum atomic E-state index is 11.9. The van der Waals surface area contributed by atoms with Crippen LogP contribution in [0.2, 0.25) is 0 Å². The van der Waals surface area contributed by atoms with Gasteiger partial charge in [0, 0.05) is 0 Å². The molecule has 0 aliphatic heterocycles. The second-order valence-electron chi connectivity index (χ2n) is 3.89. The Morgan fingerprint density at radius 2 is 2.06 bits per heavy atom. The van der Waals surface area contributed by atoms with Gasteiger partial charge in [-0.15, -0.1) is 0 Å². The number of nitrogens with zero attached hydrogens (tertiary/aromatic N) is 1. The minimum atomic E-state index is -3.25. The van der Waals surface area contributed by atoms with E-state index in [-0.39, 0.29) is 5.95 Å². The summed E-state index contributed by atoms with van der Waals surface area (Å²) >= 11 is 0. The monoisotopic (exact) mass is 239 g/mol. The smallest absolute Gasteiger partial charge is 0.198 e. The van der Waals surface area contributed by atoms with Gasteiger partial charge in [0.2, 0.25) is 0 Å². The molecular weight excluding hydrogens is 226 g/mol. The number of H-pyrrole nitrogens is 1. The van der Waals surface area contributed by atoms with Crippen LogP contribution in [-0.2, 0) is 9.84 Å². The van der Waals surface area contributed by atoms with Gasteiger partial charge in [-0.1, -0.05) is 0 Å². The van der Waals surface area contributed by atoms with Crippen LogP contribution in [0.4, 0.5) is 5.95 Å². The van der Waals surface area contributed by atoms with Gasteiger partial charge in [0.05, 0.1) is 21.2 Å². The quantitative estimate of drug-likeness (QED) is 0.827. The summed E-state index contributed by atoms with van der Waals surface area (Å²) in [6, 6.07) is 4.77. The molecule has 16 heavy (non-hydrogen) atoms. The minimum absolute atomic E-state index is 0.286. The third-order valence-corrected chi connectivity index (χ3v) is 4.57. The van der Waals surface area contributed by atoms with Gasteiger partial charge in [-0.25, -0.2) is 13.4 Å². The Bertz CT molecular complexity index is 629. The van der Waals surface area contributed by atoms with Crippen molar-refractivity contribution in [2.24, 2.45) is 0 Å². The van der Waals surface area contributed by atoms with E-state index in [2.05, 4.69) is 9.97 Å². The van der Waals surface area contributed by atoms with E-state index in [9.17, 15) is 8.42 Å². The normalized spacial score (nSPS) is 12.4. The summed E-state index contributed by atoms with van der Waals surface area (Å²) in [7, 11) is -3.25. The summed E-state index contributed by atoms with van der Waals surface area (Å²) in [6.07, 6.45) is 0. The van der Waals surface area contributed by atoms with E-state index in [1.165, 1.54) is 0 Å². The van der Waals surface area contributed by atoms with Crippen molar-refractivity contribution >= 4 is 26.8 Å². The molecule has 2 aromatic rings. The highest BCUT2D eigenvalue weighted by Crippen LogP contribution is 2.21. The van der Waals surface area contributed by atoms with Crippen molar-refractivity contribution in [1.82, 2.24) is 9.97 Å². The van der Waals surface area contributed by atoms with Gasteiger partial charge in [-0.05, 0) is 32.0 Å². The lowest BCUT2D eigenvalue weighted by atomic mass is 10.3. The Kier molecular flexibility index (Phi) is 2.38. The van der Waals surface area contributed by atoms with Gasteiger partial charge in [0.15, 0.2) is 15.8 Å². The SMILES string of the molecule is CC(C)S(=O)(=O)c1ccc2nc(N)[nH]c2c1. The van der Waals surface area contributed by atoms with Crippen LogP contribution in [0.15, 0.2) is 23.1 Å². The third kappa shape index (κ3) is 1.65. The second kappa shape index (κ2) is 3.48. The van der Waals surface area contributed by atoms with Crippen molar-refractivity contribution in [3.05, 3.63) is 18.2 Å². The van der Waals surface area contributed by atoms with E-state index in [4.69, 9.17) is 5.73 Å². The summed E-state index contributed by atoms with van der Waals surface area (Å²) in [4.78, 5) is 7.11. The fourth-order valence-electron chi connectivity index (χ4n) is 1.46. The first-order valence-corrected chi connectivity index (χ1v) is 6.45. The lowest BCUT2D eigenvalue weighted by Gasteiger charge is -2.06. The number of nitrogen functional groups attached to an aromatic ring is 1. The Balaban J connectivity index is 2.63. The molecule has 0 fully saturated rings. The zero-order valence-corrected chi connectivity index (χ0v) is 9.88. The predicted octanol–water partition coefficient (Wildman–Crippen LogP) is 1.33. The van der Waals surface area contributed by atoms with Crippen molar-refractivity contribution in [2.45, 2.75) is 24.0 Å². The number of hydrogen-bond acceptors (Lipinski definition) is 4. The molecule has 0 atom stereocenters. The predicted molar refractivity (Wildman–Crippen MR) is 62.8 cm³/mol. The van der Waals surface area contributed by atoms with Crippen molar-refractivity contribution in [1.29, 1.82) is 0 Å². The van der Waals surface area contributed by atoms with Crippen molar-refractivity contribution < 1.29 is 8.42 Å². The summed E-state index contributed by atoms with van der Waals surface area (Å²) in [5, 5.41) is -0.440. The number of rotatable bonds is 2. The molecule has 86 valence electrons. The van der Waals surface area contributed by atoms with Crippen molar-refractivity contribution in [3.63, 3.8) is 0 Å². The summed E-state index contributed by atoms with van der Waals surface area (Å²) < 4.78 is 23.8. The second-order valence-corrected chi connectivity index (χ2v) is 6.40. The highest BCUT2D eigenvalue weighted by molar-refractivity contribution is 7.92. The van der Waals surface area contributed by atoms with E-state index in [0.717, 1.165) is 0 Å². The number of aromatic nitrogens is 2. The molecule has 1 aromatic carbocycles. The number of imidazole rings is 1. The Morgan fingerprint density at radius 1 is 1.38 bits per heavy atom. The number of anilines is 1. The van der Waals surface area contributed by atoms with Gasteiger partial charge < -0.3 is 10.7 Å². The highest BCUT2D eigenvalue weighted by atomic mass is 32.2. The van der Waals surface area contributed by atoms with Crippen molar-refractivity contribution in [2.75, 3.05) is 5.73 Å². The molecule has 0 aliphatic carbocycles. The van der Waals surface area contributed by atoms with Crippen LogP contribution in [0.25, 0.3) is 11.0 Å². The summed E-state index contributed by atoms with van der Waals surface area (Å²) in [5.74, 6) is 0.286. The molecule has 0 radical (unpaired) electrons. The summed E-state index contributed by atoms with van der Waals surface area (Å²) in [5.41, 5.74) is 6.80. The van der Waals surface area contributed by atoms with Gasteiger partial charge in [-0.2, -0.15) is 0 Å². The van der Waals surface area contributed by atoms with E-state index in [0.29, 0.717) is 15.9 Å². The number of fused-ring (bicyclic) bond motifs is 1. The molecule has 0 aliphatic rings. The lowest BCUT2D eigenvalue weighted by Crippen LogP contribution is -2.13. The molecule has 2 rings (SSSR count).